The number of phosphoric acid groups is 1. The molecule has 9 heteroatoms. The molecule has 0 radical (unpaired) electrons. The highest BCUT2D eigenvalue weighted by atomic mass is 31.2. The Hall–Kier alpha value is -0.760. The van der Waals surface area contributed by atoms with E-state index in [9.17, 15) is 19.4 Å². The van der Waals surface area contributed by atoms with Crippen molar-refractivity contribution in [2.24, 2.45) is 0 Å². The molecular weight excluding hydrogens is 1070 g/mol. The van der Waals surface area contributed by atoms with Crippen LogP contribution in [-0.4, -0.2) is 68.5 Å². The summed E-state index contributed by atoms with van der Waals surface area (Å²) in [5.41, 5.74) is 0. The molecule has 508 valence electrons. The van der Waals surface area contributed by atoms with E-state index in [1.54, 1.807) is 6.08 Å². The van der Waals surface area contributed by atoms with Crippen LogP contribution in [0, 0.1) is 0 Å². The highest BCUT2D eigenvalue weighted by Crippen LogP contribution is 2.38. The number of hydrogen-bond donors (Lipinski definition) is 2. The Morgan fingerprint density at radius 2 is 0.635 bits per heavy atom. The van der Waals surface area contributed by atoms with Crippen LogP contribution in [0.25, 0.3) is 0 Å². The van der Waals surface area contributed by atoms with Gasteiger partial charge in [0.05, 0.1) is 39.9 Å². The fourth-order valence-electron chi connectivity index (χ4n) is 12.3. The quantitative estimate of drug-likeness (QED) is 0.0272. The molecule has 0 aromatic carbocycles. The number of carbonyl (C=O) groups excluding carboxylic acids is 1. The van der Waals surface area contributed by atoms with Gasteiger partial charge in [0.1, 0.15) is 13.2 Å². The number of phosphoric ester groups is 1. The topological polar surface area (TPSA) is 108 Å². The van der Waals surface area contributed by atoms with Crippen molar-refractivity contribution in [3.8, 4) is 0 Å². The molecule has 85 heavy (non-hydrogen) atoms. The van der Waals surface area contributed by atoms with Gasteiger partial charge in [0.2, 0.25) is 5.91 Å². The average molecular weight is 1220 g/mol. The lowest BCUT2D eigenvalue weighted by molar-refractivity contribution is -0.870. The summed E-state index contributed by atoms with van der Waals surface area (Å²) in [5.74, 6) is -0.186. The van der Waals surface area contributed by atoms with Gasteiger partial charge in [0.25, 0.3) is 7.82 Å². The van der Waals surface area contributed by atoms with Crippen molar-refractivity contribution < 1.29 is 32.9 Å². The van der Waals surface area contributed by atoms with E-state index in [0.717, 1.165) is 38.5 Å². The van der Waals surface area contributed by atoms with E-state index in [2.05, 4.69) is 19.2 Å². The molecule has 0 fully saturated rings. The van der Waals surface area contributed by atoms with Gasteiger partial charge in [0.15, 0.2) is 0 Å². The monoisotopic (exact) mass is 1220 g/mol. The van der Waals surface area contributed by atoms with Gasteiger partial charge in [-0.1, -0.05) is 405 Å². The standard InChI is InChI=1S/C76H153N2O6P/c1-6-8-10-12-14-16-18-20-22-24-26-28-30-32-33-34-35-36-37-38-39-40-41-42-43-44-46-48-50-52-54-56-58-60-62-64-66-68-70-76(80)77-74(73-84-85(81,82)83-72-71-78(3,4)5)75(79)69-67-65-63-61-59-57-55-53-51-49-47-45-31-29-27-25-23-21-19-17-15-13-11-9-7-2/h67,69,74-75,79H,6-66,68,70-73H2,1-5H3,(H-,77,80,81,82)/b69-67+. The predicted octanol–water partition coefficient (Wildman–Crippen LogP) is 24.2. The van der Waals surface area contributed by atoms with Crippen LogP contribution in [0.5, 0.6) is 0 Å². The summed E-state index contributed by atoms with van der Waals surface area (Å²) in [6, 6.07) is -0.884. The number of carbonyl (C=O) groups is 1. The van der Waals surface area contributed by atoms with E-state index in [4.69, 9.17) is 9.05 Å². The SMILES string of the molecule is CCCCCCCCCCCCCCCCCCCCCCCCC/C=C/C(O)C(COP(=O)([O-])OCC[N+](C)(C)C)NC(=O)CCCCCCCCCCCCCCCCCCCCCCCCCCCCCCCCCCCCCCCC. The number of nitrogens with zero attached hydrogens (tertiary/aromatic N) is 1. The molecule has 0 heterocycles. The zero-order chi connectivity index (χ0) is 61.9. The molecule has 8 nitrogen and oxygen atoms in total. The lowest BCUT2D eigenvalue weighted by Gasteiger charge is -2.29. The Balaban J connectivity index is 3.91. The number of quaternary nitrogens is 1. The molecule has 0 aromatic rings. The molecule has 3 unspecified atom stereocenters. The zero-order valence-electron chi connectivity index (χ0n) is 58.4. The smallest absolute Gasteiger partial charge is 0.268 e. The van der Waals surface area contributed by atoms with E-state index in [0.29, 0.717) is 17.4 Å². The molecule has 0 aromatic heterocycles. The Morgan fingerprint density at radius 1 is 0.400 bits per heavy atom. The highest BCUT2D eigenvalue weighted by Gasteiger charge is 2.23. The van der Waals surface area contributed by atoms with Gasteiger partial charge in [-0.2, -0.15) is 0 Å². The van der Waals surface area contributed by atoms with Crippen LogP contribution in [0.15, 0.2) is 12.2 Å². The summed E-state index contributed by atoms with van der Waals surface area (Å²) in [6.45, 7) is 4.73. The molecule has 0 saturated heterocycles. The molecule has 0 spiro atoms. The van der Waals surface area contributed by atoms with E-state index in [1.807, 2.05) is 27.2 Å². The number of amides is 1. The van der Waals surface area contributed by atoms with Crippen LogP contribution in [0.2, 0.25) is 0 Å². The minimum atomic E-state index is -4.60. The van der Waals surface area contributed by atoms with Gasteiger partial charge in [-0.05, 0) is 19.3 Å². The maximum atomic E-state index is 13.1. The number of aliphatic hydroxyl groups excluding tert-OH is 1. The second-order valence-corrected chi connectivity index (χ2v) is 29.5. The van der Waals surface area contributed by atoms with Crippen molar-refractivity contribution in [1.82, 2.24) is 5.32 Å². The Morgan fingerprint density at radius 3 is 0.882 bits per heavy atom. The summed E-state index contributed by atoms with van der Waals surface area (Å²) in [7, 11) is 1.29. The van der Waals surface area contributed by atoms with Gasteiger partial charge < -0.3 is 28.8 Å². The number of rotatable bonds is 73. The second-order valence-electron chi connectivity index (χ2n) is 28.1. The van der Waals surface area contributed by atoms with E-state index < -0.39 is 20.0 Å². The Bertz CT molecular complexity index is 1390. The van der Waals surface area contributed by atoms with Gasteiger partial charge in [-0.3, -0.25) is 9.36 Å². The van der Waals surface area contributed by atoms with Crippen molar-refractivity contribution in [3.05, 3.63) is 12.2 Å². The second kappa shape index (κ2) is 67.6. The van der Waals surface area contributed by atoms with Gasteiger partial charge >= 0.3 is 0 Å². The molecular formula is C76H153N2O6P. The third-order valence-electron chi connectivity index (χ3n) is 18.2. The fourth-order valence-corrected chi connectivity index (χ4v) is 13.0. The summed E-state index contributed by atoms with van der Waals surface area (Å²) in [5, 5.41) is 14.0. The van der Waals surface area contributed by atoms with Crippen LogP contribution < -0.4 is 10.2 Å². The van der Waals surface area contributed by atoms with Crippen LogP contribution in [-0.2, 0) is 18.4 Å². The predicted molar refractivity (Wildman–Crippen MR) is 372 cm³/mol. The van der Waals surface area contributed by atoms with Gasteiger partial charge in [-0.25, -0.2) is 0 Å². The number of aliphatic hydroxyl groups is 1. The molecule has 2 N–H and O–H groups in total. The lowest BCUT2D eigenvalue weighted by atomic mass is 10.0. The number of allylic oxidation sites excluding steroid dienone is 1. The van der Waals surface area contributed by atoms with Gasteiger partial charge in [-0.15, -0.1) is 0 Å². The Kier molecular flexibility index (Phi) is 67.0. The molecule has 0 rings (SSSR count). The van der Waals surface area contributed by atoms with Crippen molar-refractivity contribution >= 4 is 13.7 Å². The first-order chi connectivity index (χ1) is 41.5. The minimum absolute atomic E-state index is 0.00308. The molecule has 0 aliphatic rings. The van der Waals surface area contributed by atoms with E-state index in [-0.39, 0.29) is 19.1 Å². The van der Waals surface area contributed by atoms with Crippen LogP contribution in [0.4, 0.5) is 0 Å². The molecule has 0 bridgehead atoms. The number of unbranched alkanes of at least 4 members (excludes halogenated alkanes) is 60. The first-order valence-electron chi connectivity index (χ1n) is 38.6. The molecule has 1 amide bonds. The average Bonchev–Trinajstić information content (AvgIpc) is 3.49. The summed E-state index contributed by atoms with van der Waals surface area (Å²) in [6.07, 6.45) is 88.0. The van der Waals surface area contributed by atoms with Crippen molar-refractivity contribution in [2.45, 2.75) is 431 Å². The molecule has 0 aliphatic heterocycles. The van der Waals surface area contributed by atoms with Crippen LogP contribution in [0.3, 0.4) is 0 Å². The van der Waals surface area contributed by atoms with Gasteiger partial charge in [0, 0.05) is 6.42 Å². The van der Waals surface area contributed by atoms with E-state index >= 15 is 0 Å². The van der Waals surface area contributed by atoms with Crippen molar-refractivity contribution in [2.75, 3.05) is 40.9 Å². The number of nitrogens with one attached hydrogen (secondary N) is 1. The van der Waals surface area contributed by atoms with Crippen molar-refractivity contribution in [1.29, 1.82) is 0 Å². The first kappa shape index (κ1) is 84.2. The maximum absolute atomic E-state index is 13.1. The summed E-state index contributed by atoms with van der Waals surface area (Å²) < 4.78 is 23.5. The third-order valence-corrected chi connectivity index (χ3v) is 19.2. The minimum Gasteiger partial charge on any atom is -0.756 e. The lowest BCUT2D eigenvalue weighted by Crippen LogP contribution is -2.45. The van der Waals surface area contributed by atoms with Crippen LogP contribution in [0.1, 0.15) is 418 Å². The van der Waals surface area contributed by atoms with Crippen LogP contribution >= 0.6 is 7.82 Å². The maximum Gasteiger partial charge on any atom is 0.268 e. The molecule has 0 aliphatic carbocycles. The number of likely N-dealkylation sites (N-methyl/N-ethyl adjacent to an activating group) is 1. The Labute approximate surface area is 532 Å². The third kappa shape index (κ3) is 70.6. The fraction of sp³-hybridized carbons (Fsp3) is 0.961. The first-order valence-corrected chi connectivity index (χ1v) is 40.0. The summed E-state index contributed by atoms with van der Waals surface area (Å²) in [4.78, 5) is 25.7. The molecule has 0 saturated carbocycles. The largest absolute Gasteiger partial charge is 0.756 e. The van der Waals surface area contributed by atoms with E-state index in [1.165, 1.54) is 360 Å². The summed E-state index contributed by atoms with van der Waals surface area (Å²) >= 11 is 0. The van der Waals surface area contributed by atoms with Crippen molar-refractivity contribution in [3.63, 3.8) is 0 Å². The number of hydrogen-bond acceptors (Lipinski definition) is 6. The molecule has 3 atom stereocenters. The zero-order valence-corrected chi connectivity index (χ0v) is 59.3. The highest BCUT2D eigenvalue weighted by molar-refractivity contribution is 7.45. The normalized spacial score (nSPS) is 13.5.